The predicted molar refractivity (Wildman–Crippen MR) is 86.3 cm³/mol. The summed E-state index contributed by atoms with van der Waals surface area (Å²) in [6.07, 6.45) is 4.94. The lowest BCUT2D eigenvalue weighted by Gasteiger charge is -2.28. The summed E-state index contributed by atoms with van der Waals surface area (Å²) < 4.78 is 4.45. The van der Waals surface area contributed by atoms with Gasteiger partial charge >= 0.3 is 0 Å². The van der Waals surface area contributed by atoms with Crippen LogP contribution in [-0.4, -0.2) is 10.9 Å². The molecule has 0 amide bonds. The number of rotatable bonds is 4. The van der Waals surface area contributed by atoms with Gasteiger partial charge in [0.25, 0.3) is 0 Å². The van der Waals surface area contributed by atoms with E-state index in [1.165, 1.54) is 47.3 Å². The Morgan fingerprint density at radius 3 is 3.05 bits per heavy atom. The van der Waals surface area contributed by atoms with Crippen molar-refractivity contribution in [1.82, 2.24) is 9.69 Å². The third kappa shape index (κ3) is 2.65. The van der Waals surface area contributed by atoms with Gasteiger partial charge in [0.15, 0.2) is 0 Å². The number of hydrogen-bond donors (Lipinski definition) is 1. The zero-order valence-electron chi connectivity index (χ0n) is 12.3. The number of hydrogen-bond acceptors (Lipinski definition) is 3. The highest BCUT2D eigenvalue weighted by Crippen LogP contribution is 2.38. The molecule has 3 rings (SSSR count). The minimum absolute atomic E-state index is 0.511. The number of benzene rings is 1. The van der Waals surface area contributed by atoms with E-state index >= 15 is 0 Å². The third-order valence-corrected chi connectivity index (χ3v) is 4.93. The van der Waals surface area contributed by atoms with Crippen molar-refractivity contribution in [2.45, 2.75) is 45.6 Å². The molecule has 1 atom stereocenters. The summed E-state index contributed by atoms with van der Waals surface area (Å²) in [6, 6.07) is 9.49. The molecule has 1 unspecified atom stereocenters. The molecule has 1 heterocycles. The standard InChI is InChI=1S/C17H22N2S/c1-3-10-18-15-9-5-7-13-6-4-8-14(17(13)15)16-11-12(2)19-20-16/h4,6,8,11,15,18H,3,5,7,9-10H2,1-2H3. The number of nitrogens with one attached hydrogen (secondary N) is 1. The van der Waals surface area contributed by atoms with Crippen molar-refractivity contribution >= 4 is 11.5 Å². The van der Waals surface area contributed by atoms with Crippen molar-refractivity contribution in [2.75, 3.05) is 6.54 Å². The Labute approximate surface area is 125 Å². The van der Waals surface area contributed by atoms with E-state index in [0.29, 0.717) is 6.04 Å². The van der Waals surface area contributed by atoms with Crippen molar-refractivity contribution < 1.29 is 0 Å². The molecular weight excluding hydrogens is 264 g/mol. The molecule has 0 saturated carbocycles. The molecule has 1 N–H and O–H groups in total. The average Bonchev–Trinajstić information content (AvgIpc) is 2.91. The first-order chi connectivity index (χ1) is 9.79. The van der Waals surface area contributed by atoms with E-state index in [9.17, 15) is 0 Å². The van der Waals surface area contributed by atoms with Crippen LogP contribution in [-0.2, 0) is 6.42 Å². The SMILES string of the molecule is CCCNC1CCCc2cccc(-c3cc(C)ns3)c21. The predicted octanol–water partition coefficient (Wildman–Crippen LogP) is 4.50. The van der Waals surface area contributed by atoms with Gasteiger partial charge in [-0.2, -0.15) is 4.37 Å². The molecular formula is C17H22N2S. The van der Waals surface area contributed by atoms with Gasteiger partial charge in [0, 0.05) is 6.04 Å². The van der Waals surface area contributed by atoms with Crippen molar-refractivity contribution in [1.29, 1.82) is 0 Å². The average molecular weight is 286 g/mol. The zero-order valence-corrected chi connectivity index (χ0v) is 13.1. The Bertz CT molecular complexity index is 588. The van der Waals surface area contributed by atoms with E-state index in [1.54, 1.807) is 11.5 Å². The molecule has 0 spiro atoms. The highest BCUT2D eigenvalue weighted by atomic mass is 32.1. The van der Waals surface area contributed by atoms with Crippen LogP contribution < -0.4 is 5.32 Å². The maximum Gasteiger partial charge on any atom is 0.0556 e. The fourth-order valence-corrected chi connectivity index (χ4v) is 3.91. The molecule has 1 aromatic heterocycles. The number of nitrogens with zero attached hydrogens (tertiary/aromatic N) is 1. The molecule has 0 radical (unpaired) electrons. The lowest BCUT2D eigenvalue weighted by atomic mass is 9.84. The van der Waals surface area contributed by atoms with E-state index in [2.05, 4.69) is 47.8 Å². The Morgan fingerprint density at radius 2 is 2.30 bits per heavy atom. The van der Waals surface area contributed by atoms with Crippen LogP contribution in [0.15, 0.2) is 24.3 Å². The van der Waals surface area contributed by atoms with Crippen LogP contribution in [0.4, 0.5) is 0 Å². The summed E-state index contributed by atoms with van der Waals surface area (Å²) in [6.45, 7) is 5.40. The second-order valence-corrected chi connectivity index (χ2v) is 6.41. The highest BCUT2D eigenvalue weighted by molar-refractivity contribution is 7.09. The first-order valence-corrected chi connectivity index (χ1v) is 8.35. The van der Waals surface area contributed by atoms with Crippen LogP contribution in [0.2, 0.25) is 0 Å². The lowest BCUT2D eigenvalue weighted by molar-refractivity contribution is 0.461. The molecule has 0 fully saturated rings. The summed E-state index contributed by atoms with van der Waals surface area (Å²) in [5, 5.41) is 3.73. The van der Waals surface area contributed by atoms with Gasteiger partial charge < -0.3 is 5.32 Å². The lowest BCUT2D eigenvalue weighted by Crippen LogP contribution is -2.26. The monoisotopic (exact) mass is 286 g/mol. The summed E-state index contributed by atoms with van der Waals surface area (Å²) >= 11 is 1.62. The van der Waals surface area contributed by atoms with Crippen molar-refractivity contribution in [3.8, 4) is 10.4 Å². The van der Waals surface area contributed by atoms with Gasteiger partial charge in [0.05, 0.1) is 10.6 Å². The molecule has 2 aromatic rings. The molecule has 0 bridgehead atoms. The van der Waals surface area contributed by atoms with Gasteiger partial charge in [0.1, 0.15) is 0 Å². The second kappa shape index (κ2) is 6.06. The maximum absolute atomic E-state index is 4.45. The number of aryl methyl sites for hydroxylation is 2. The van der Waals surface area contributed by atoms with Gasteiger partial charge in [-0.1, -0.05) is 25.1 Å². The third-order valence-electron chi connectivity index (χ3n) is 4.02. The topological polar surface area (TPSA) is 24.9 Å². The molecule has 0 aliphatic heterocycles. The Kier molecular flexibility index (Phi) is 4.18. The van der Waals surface area contributed by atoms with E-state index in [1.807, 2.05) is 0 Å². The van der Waals surface area contributed by atoms with E-state index in [4.69, 9.17) is 0 Å². The molecule has 3 heteroatoms. The van der Waals surface area contributed by atoms with Gasteiger partial charge in [-0.05, 0) is 73.4 Å². The normalized spacial score (nSPS) is 18.0. The van der Waals surface area contributed by atoms with Crippen LogP contribution in [0.1, 0.15) is 49.0 Å². The van der Waals surface area contributed by atoms with Crippen LogP contribution in [0.25, 0.3) is 10.4 Å². The molecule has 0 saturated heterocycles. The fraction of sp³-hybridized carbons (Fsp3) is 0.471. The fourth-order valence-electron chi connectivity index (χ4n) is 3.11. The Morgan fingerprint density at radius 1 is 1.40 bits per heavy atom. The van der Waals surface area contributed by atoms with Crippen molar-refractivity contribution in [2.24, 2.45) is 0 Å². The van der Waals surface area contributed by atoms with E-state index in [-0.39, 0.29) is 0 Å². The smallest absolute Gasteiger partial charge is 0.0556 e. The zero-order chi connectivity index (χ0) is 13.9. The molecule has 106 valence electrons. The van der Waals surface area contributed by atoms with Gasteiger partial charge in [-0.15, -0.1) is 0 Å². The van der Waals surface area contributed by atoms with Gasteiger partial charge in [0.2, 0.25) is 0 Å². The molecule has 1 aliphatic rings. The number of fused-ring (bicyclic) bond motifs is 1. The molecule has 1 aliphatic carbocycles. The minimum atomic E-state index is 0.511. The van der Waals surface area contributed by atoms with Gasteiger partial charge in [-0.25, -0.2) is 0 Å². The van der Waals surface area contributed by atoms with E-state index in [0.717, 1.165) is 12.2 Å². The summed E-state index contributed by atoms with van der Waals surface area (Å²) in [4.78, 5) is 1.31. The minimum Gasteiger partial charge on any atom is -0.310 e. The van der Waals surface area contributed by atoms with Crippen LogP contribution in [0, 0.1) is 6.92 Å². The summed E-state index contributed by atoms with van der Waals surface area (Å²) in [5.41, 5.74) is 5.56. The van der Waals surface area contributed by atoms with Crippen molar-refractivity contribution in [3.63, 3.8) is 0 Å². The summed E-state index contributed by atoms with van der Waals surface area (Å²) in [7, 11) is 0. The molecule has 20 heavy (non-hydrogen) atoms. The maximum atomic E-state index is 4.45. The Balaban J connectivity index is 2.03. The highest BCUT2D eigenvalue weighted by Gasteiger charge is 2.23. The van der Waals surface area contributed by atoms with Crippen LogP contribution >= 0.6 is 11.5 Å². The van der Waals surface area contributed by atoms with Gasteiger partial charge in [-0.3, -0.25) is 0 Å². The second-order valence-electron chi connectivity index (χ2n) is 5.61. The number of aromatic nitrogens is 1. The summed E-state index contributed by atoms with van der Waals surface area (Å²) in [5.74, 6) is 0. The van der Waals surface area contributed by atoms with E-state index < -0.39 is 0 Å². The quantitative estimate of drug-likeness (QED) is 0.895. The first-order valence-electron chi connectivity index (χ1n) is 7.58. The Hall–Kier alpha value is -1.19. The van der Waals surface area contributed by atoms with Crippen LogP contribution in [0.5, 0.6) is 0 Å². The van der Waals surface area contributed by atoms with Crippen molar-refractivity contribution in [3.05, 3.63) is 41.1 Å². The van der Waals surface area contributed by atoms with Crippen LogP contribution in [0.3, 0.4) is 0 Å². The molecule has 2 nitrogen and oxygen atoms in total. The largest absolute Gasteiger partial charge is 0.310 e. The molecule has 1 aromatic carbocycles. The first kappa shape index (κ1) is 13.8.